The van der Waals surface area contributed by atoms with Gasteiger partial charge in [-0.2, -0.15) is 12.6 Å². The van der Waals surface area contributed by atoms with Crippen LogP contribution in [0.15, 0.2) is 11.6 Å². The molecule has 1 rings (SSSR count). The molecule has 0 saturated carbocycles. The fraction of sp³-hybridized carbons (Fsp3) is 0.500. The number of rotatable bonds is 5. The number of aromatic nitrogens is 1. The summed E-state index contributed by atoms with van der Waals surface area (Å²) in [6.45, 7) is 3.22. The molecule has 0 saturated heterocycles. The van der Waals surface area contributed by atoms with Crippen LogP contribution in [0.25, 0.3) is 0 Å². The summed E-state index contributed by atoms with van der Waals surface area (Å²) in [5, 5.41) is 8.00. The van der Waals surface area contributed by atoms with E-state index in [1.165, 1.54) is 18.3 Å². The quantitative estimate of drug-likeness (QED) is 0.694. The van der Waals surface area contributed by atoms with E-state index in [0.29, 0.717) is 0 Å². The fourth-order valence-electron chi connectivity index (χ4n) is 1.26. The van der Waals surface area contributed by atoms with Crippen LogP contribution in [0.3, 0.4) is 0 Å². The molecule has 0 aliphatic rings. The summed E-state index contributed by atoms with van der Waals surface area (Å²) in [5.41, 5.74) is 0. The highest BCUT2D eigenvalue weighted by Gasteiger charge is 2.20. The SMILES string of the molecule is CC(=O)NC(CS)C(=O)NC(C)c1nccs1. The van der Waals surface area contributed by atoms with Gasteiger partial charge < -0.3 is 10.6 Å². The lowest BCUT2D eigenvalue weighted by atomic mass is 10.2. The van der Waals surface area contributed by atoms with Crippen LogP contribution in [0.5, 0.6) is 0 Å². The average Bonchev–Trinajstić information content (AvgIpc) is 2.78. The van der Waals surface area contributed by atoms with E-state index in [1.807, 2.05) is 12.3 Å². The average molecular weight is 273 g/mol. The normalized spacial score (nSPS) is 13.8. The monoisotopic (exact) mass is 273 g/mol. The molecule has 0 aliphatic heterocycles. The highest BCUT2D eigenvalue weighted by atomic mass is 32.1. The predicted molar refractivity (Wildman–Crippen MR) is 70.1 cm³/mol. The first-order valence-corrected chi connectivity index (χ1v) is 6.63. The summed E-state index contributed by atoms with van der Waals surface area (Å²) in [6.07, 6.45) is 1.69. The van der Waals surface area contributed by atoms with Gasteiger partial charge in [-0.25, -0.2) is 4.98 Å². The number of hydrogen-bond donors (Lipinski definition) is 3. The summed E-state index contributed by atoms with van der Waals surface area (Å²) in [6, 6.07) is -0.781. The largest absolute Gasteiger partial charge is 0.345 e. The maximum absolute atomic E-state index is 11.8. The molecule has 1 aromatic rings. The molecule has 0 aromatic carbocycles. The van der Waals surface area contributed by atoms with Crippen molar-refractivity contribution in [1.82, 2.24) is 15.6 Å². The fourth-order valence-corrected chi connectivity index (χ4v) is 2.17. The molecule has 2 unspecified atom stereocenters. The van der Waals surface area contributed by atoms with Gasteiger partial charge in [-0.05, 0) is 6.92 Å². The molecule has 2 amide bonds. The van der Waals surface area contributed by atoms with Crippen molar-refractivity contribution >= 4 is 35.8 Å². The van der Waals surface area contributed by atoms with Gasteiger partial charge in [0.05, 0.1) is 6.04 Å². The Bertz CT molecular complexity index is 381. The molecule has 0 bridgehead atoms. The molecular weight excluding hydrogens is 258 g/mol. The van der Waals surface area contributed by atoms with Gasteiger partial charge in [0.15, 0.2) is 0 Å². The van der Waals surface area contributed by atoms with Crippen LogP contribution in [0.1, 0.15) is 24.9 Å². The maximum Gasteiger partial charge on any atom is 0.243 e. The van der Waals surface area contributed by atoms with E-state index < -0.39 is 6.04 Å². The molecule has 5 nitrogen and oxygen atoms in total. The number of nitrogens with zero attached hydrogens (tertiary/aromatic N) is 1. The van der Waals surface area contributed by atoms with Crippen LogP contribution in [0, 0.1) is 0 Å². The summed E-state index contributed by atoms with van der Waals surface area (Å²) >= 11 is 5.51. The van der Waals surface area contributed by atoms with Gasteiger partial charge in [0.25, 0.3) is 0 Å². The molecule has 2 atom stereocenters. The third-order valence-corrected chi connectivity index (χ3v) is 3.38. The first kappa shape index (κ1) is 14.0. The maximum atomic E-state index is 11.8. The molecule has 2 N–H and O–H groups in total. The minimum Gasteiger partial charge on any atom is -0.345 e. The van der Waals surface area contributed by atoms with Crippen molar-refractivity contribution < 1.29 is 9.59 Å². The lowest BCUT2D eigenvalue weighted by Gasteiger charge is -2.18. The zero-order chi connectivity index (χ0) is 12.8. The van der Waals surface area contributed by atoms with Gasteiger partial charge in [0, 0.05) is 24.3 Å². The van der Waals surface area contributed by atoms with Gasteiger partial charge in [-0.15, -0.1) is 11.3 Å². The number of amides is 2. The Kier molecular flexibility index (Phi) is 5.43. The zero-order valence-electron chi connectivity index (χ0n) is 9.64. The van der Waals surface area contributed by atoms with E-state index in [-0.39, 0.29) is 23.6 Å². The Labute approximate surface area is 109 Å². The van der Waals surface area contributed by atoms with E-state index >= 15 is 0 Å². The Morgan fingerprint density at radius 3 is 2.71 bits per heavy atom. The van der Waals surface area contributed by atoms with Crippen LogP contribution in [-0.2, 0) is 9.59 Å². The second kappa shape index (κ2) is 6.61. The van der Waals surface area contributed by atoms with Crippen molar-refractivity contribution in [2.75, 3.05) is 5.75 Å². The van der Waals surface area contributed by atoms with Crippen molar-refractivity contribution in [2.45, 2.75) is 25.9 Å². The Morgan fingerprint density at radius 2 is 2.24 bits per heavy atom. The first-order chi connectivity index (χ1) is 8.04. The minimum atomic E-state index is -0.613. The molecular formula is C10H15N3O2S2. The Morgan fingerprint density at radius 1 is 1.53 bits per heavy atom. The molecule has 1 aromatic heterocycles. The predicted octanol–water partition coefficient (Wildman–Crippen LogP) is 0.755. The van der Waals surface area contributed by atoms with Crippen LogP contribution in [0.2, 0.25) is 0 Å². The van der Waals surface area contributed by atoms with Crippen molar-refractivity contribution in [1.29, 1.82) is 0 Å². The van der Waals surface area contributed by atoms with Crippen molar-refractivity contribution in [3.05, 3.63) is 16.6 Å². The number of nitrogens with one attached hydrogen (secondary N) is 2. The lowest BCUT2D eigenvalue weighted by Crippen LogP contribution is -2.47. The zero-order valence-corrected chi connectivity index (χ0v) is 11.3. The molecule has 0 radical (unpaired) electrons. The van der Waals surface area contributed by atoms with Crippen molar-refractivity contribution in [2.24, 2.45) is 0 Å². The number of carbonyl (C=O) groups excluding carboxylic acids is 2. The number of thiazole rings is 1. The van der Waals surface area contributed by atoms with Gasteiger partial charge in [-0.1, -0.05) is 0 Å². The van der Waals surface area contributed by atoms with Crippen molar-refractivity contribution in [3.63, 3.8) is 0 Å². The smallest absolute Gasteiger partial charge is 0.243 e. The van der Waals surface area contributed by atoms with E-state index in [1.54, 1.807) is 6.20 Å². The first-order valence-electron chi connectivity index (χ1n) is 5.12. The second-order valence-corrected chi connectivity index (χ2v) is 4.83. The number of carbonyl (C=O) groups is 2. The summed E-state index contributed by atoms with van der Waals surface area (Å²) in [5.74, 6) is -0.241. The molecule has 1 heterocycles. The molecule has 17 heavy (non-hydrogen) atoms. The van der Waals surface area contributed by atoms with Crippen LogP contribution in [0.4, 0.5) is 0 Å². The summed E-state index contributed by atoms with van der Waals surface area (Å²) in [4.78, 5) is 26.8. The van der Waals surface area contributed by atoms with Crippen LogP contribution >= 0.6 is 24.0 Å². The number of thiol groups is 1. The molecule has 0 aliphatic carbocycles. The van der Waals surface area contributed by atoms with Gasteiger partial charge in [0.1, 0.15) is 11.0 Å². The molecule has 7 heteroatoms. The topological polar surface area (TPSA) is 71.1 Å². The van der Waals surface area contributed by atoms with Gasteiger partial charge >= 0.3 is 0 Å². The van der Waals surface area contributed by atoms with E-state index in [4.69, 9.17) is 0 Å². The van der Waals surface area contributed by atoms with E-state index in [9.17, 15) is 9.59 Å². The van der Waals surface area contributed by atoms with E-state index in [2.05, 4.69) is 28.2 Å². The molecule has 0 spiro atoms. The number of hydrogen-bond acceptors (Lipinski definition) is 5. The Hall–Kier alpha value is -1.08. The van der Waals surface area contributed by atoms with Crippen molar-refractivity contribution in [3.8, 4) is 0 Å². The molecule has 94 valence electrons. The standard InChI is InChI=1S/C10H15N3O2S2/c1-6(10-11-3-4-17-10)12-9(15)8(5-16)13-7(2)14/h3-4,6,8,16H,5H2,1-2H3,(H,12,15)(H,13,14). The van der Waals surface area contributed by atoms with Crippen LogP contribution < -0.4 is 10.6 Å². The van der Waals surface area contributed by atoms with E-state index in [0.717, 1.165) is 5.01 Å². The lowest BCUT2D eigenvalue weighted by molar-refractivity contribution is -0.127. The van der Waals surface area contributed by atoms with Gasteiger partial charge in [0.2, 0.25) is 11.8 Å². The third kappa shape index (κ3) is 4.35. The second-order valence-electron chi connectivity index (χ2n) is 3.54. The third-order valence-electron chi connectivity index (χ3n) is 2.06. The Balaban J connectivity index is 2.55. The van der Waals surface area contributed by atoms with Gasteiger partial charge in [-0.3, -0.25) is 9.59 Å². The highest BCUT2D eigenvalue weighted by molar-refractivity contribution is 7.80. The summed E-state index contributed by atoms with van der Waals surface area (Å²) < 4.78 is 0. The van der Waals surface area contributed by atoms with Crippen LogP contribution in [-0.4, -0.2) is 28.6 Å². The molecule has 0 fully saturated rings. The highest BCUT2D eigenvalue weighted by Crippen LogP contribution is 2.14. The summed E-state index contributed by atoms with van der Waals surface area (Å²) in [7, 11) is 0. The minimum absolute atomic E-state index is 0.168.